The lowest BCUT2D eigenvalue weighted by Gasteiger charge is -2.06. The summed E-state index contributed by atoms with van der Waals surface area (Å²) in [6.45, 7) is 1.84. The van der Waals surface area contributed by atoms with E-state index in [2.05, 4.69) is 31.2 Å². The Bertz CT molecular complexity index is 830. The molecule has 0 aliphatic carbocycles. The molecule has 110 valence electrons. The molecule has 0 aliphatic rings. The first-order chi connectivity index (χ1) is 10.6. The van der Waals surface area contributed by atoms with E-state index in [0.29, 0.717) is 16.2 Å². The first kappa shape index (κ1) is 14.5. The molecule has 3 aromatic rings. The molecule has 1 amide bonds. The zero-order valence-corrected chi connectivity index (χ0v) is 13.3. The van der Waals surface area contributed by atoms with Crippen LogP contribution in [0.4, 0.5) is 5.69 Å². The number of anilines is 1. The van der Waals surface area contributed by atoms with Gasteiger partial charge < -0.3 is 9.73 Å². The third-order valence-electron chi connectivity index (χ3n) is 2.99. The molecule has 0 unspecified atom stereocenters. The van der Waals surface area contributed by atoms with Crippen molar-refractivity contribution in [2.45, 2.75) is 6.92 Å². The summed E-state index contributed by atoms with van der Waals surface area (Å²) in [7, 11) is 0. The van der Waals surface area contributed by atoms with E-state index in [9.17, 15) is 4.79 Å². The van der Waals surface area contributed by atoms with Crippen LogP contribution in [0.5, 0.6) is 0 Å². The molecular formula is C16H12BrN3O2. The van der Waals surface area contributed by atoms with Gasteiger partial charge in [0, 0.05) is 17.4 Å². The Balaban J connectivity index is 1.84. The first-order valence-corrected chi connectivity index (χ1v) is 7.38. The second-order valence-electron chi connectivity index (χ2n) is 4.63. The number of benzene rings is 1. The van der Waals surface area contributed by atoms with Crippen molar-refractivity contribution in [2.75, 3.05) is 5.32 Å². The van der Waals surface area contributed by atoms with Gasteiger partial charge in [-0.15, -0.1) is 0 Å². The third-order valence-corrected chi connectivity index (χ3v) is 3.42. The maximum absolute atomic E-state index is 12.1. The lowest BCUT2D eigenvalue weighted by atomic mass is 10.1. The normalized spacial score (nSPS) is 10.5. The van der Waals surface area contributed by atoms with Crippen LogP contribution in [0.2, 0.25) is 0 Å². The van der Waals surface area contributed by atoms with Crippen molar-refractivity contribution in [1.82, 2.24) is 9.97 Å². The number of hydrogen-bond acceptors (Lipinski definition) is 4. The van der Waals surface area contributed by atoms with Gasteiger partial charge in [-0.1, -0.05) is 12.1 Å². The predicted octanol–water partition coefficient (Wildman–Crippen LogP) is 4.06. The Morgan fingerprint density at radius 2 is 2.09 bits per heavy atom. The number of halogens is 1. The molecule has 0 atom stereocenters. The minimum atomic E-state index is -0.304. The van der Waals surface area contributed by atoms with Crippen LogP contribution in [0, 0.1) is 6.92 Å². The van der Waals surface area contributed by atoms with Crippen LogP contribution in [0.15, 0.2) is 57.7 Å². The fourth-order valence-electron chi connectivity index (χ4n) is 2.00. The van der Waals surface area contributed by atoms with E-state index >= 15 is 0 Å². The number of rotatable bonds is 3. The predicted molar refractivity (Wildman–Crippen MR) is 86.6 cm³/mol. The second kappa shape index (κ2) is 6.11. The average molecular weight is 358 g/mol. The molecule has 1 aromatic carbocycles. The van der Waals surface area contributed by atoms with Gasteiger partial charge in [0.25, 0.3) is 5.91 Å². The molecule has 0 saturated carbocycles. The number of hydrogen-bond donors (Lipinski definition) is 1. The molecule has 22 heavy (non-hydrogen) atoms. The van der Waals surface area contributed by atoms with Crippen molar-refractivity contribution in [2.24, 2.45) is 0 Å². The zero-order valence-electron chi connectivity index (χ0n) is 11.7. The number of nitrogens with zero attached hydrogens (tertiary/aromatic N) is 2. The lowest BCUT2D eigenvalue weighted by Crippen LogP contribution is -2.10. The topological polar surface area (TPSA) is 68.0 Å². The molecule has 2 aromatic heterocycles. The number of aryl methyl sites for hydroxylation is 1. The Hall–Kier alpha value is -2.47. The number of carbonyl (C=O) groups is 1. The summed E-state index contributed by atoms with van der Waals surface area (Å²) in [4.78, 5) is 20.5. The molecule has 6 heteroatoms. The molecule has 0 spiro atoms. The van der Waals surface area contributed by atoms with E-state index in [1.165, 1.54) is 0 Å². The average Bonchev–Trinajstić information content (AvgIpc) is 2.94. The van der Waals surface area contributed by atoms with Crippen LogP contribution in [-0.2, 0) is 0 Å². The van der Waals surface area contributed by atoms with Crippen LogP contribution >= 0.6 is 15.9 Å². The summed E-state index contributed by atoms with van der Waals surface area (Å²) in [5, 5.41) is 2.80. The summed E-state index contributed by atoms with van der Waals surface area (Å²) < 4.78 is 5.75. The van der Waals surface area contributed by atoms with Gasteiger partial charge in [-0.3, -0.25) is 4.79 Å². The van der Waals surface area contributed by atoms with Gasteiger partial charge in [0.1, 0.15) is 5.82 Å². The highest BCUT2D eigenvalue weighted by molar-refractivity contribution is 9.10. The Kier molecular flexibility index (Phi) is 4.02. The Labute approximate surface area is 135 Å². The fourth-order valence-corrected chi connectivity index (χ4v) is 2.31. The van der Waals surface area contributed by atoms with E-state index < -0.39 is 0 Å². The largest absolute Gasteiger partial charge is 0.444 e. The van der Waals surface area contributed by atoms with Crippen LogP contribution in [0.25, 0.3) is 11.3 Å². The standard InChI is InChI=1S/C16H12BrN3O2/c1-10-18-8-7-13(19-10)11-3-2-4-12(9-11)20-16(21)14-5-6-15(17)22-14/h2-9H,1H3,(H,20,21). The van der Waals surface area contributed by atoms with Crippen molar-refractivity contribution in [3.05, 3.63) is 64.9 Å². The Morgan fingerprint density at radius 3 is 2.82 bits per heavy atom. The van der Waals surface area contributed by atoms with Crippen molar-refractivity contribution < 1.29 is 9.21 Å². The number of amides is 1. The molecule has 0 saturated heterocycles. The van der Waals surface area contributed by atoms with Crippen LogP contribution in [0.3, 0.4) is 0 Å². The lowest BCUT2D eigenvalue weighted by molar-refractivity contribution is 0.0995. The number of nitrogens with one attached hydrogen (secondary N) is 1. The summed E-state index contributed by atoms with van der Waals surface area (Å²) in [6, 6.07) is 12.6. The van der Waals surface area contributed by atoms with Gasteiger partial charge in [-0.2, -0.15) is 0 Å². The maximum Gasteiger partial charge on any atom is 0.291 e. The smallest absolute Gasteiger partial charge is 0.291 e. The minimum absolute atomic E-state index is 0.246. The summed E-state index contributed by atoms with van der Waals surface area (Å²) in [5.74, 6) is 0.643. The summed E-state index contributed by atoms with van der Waals surface area (Å²) >= 11 is 3.17. The van der Waals surface area contributed by atoms with Gasteiger partial charge in [0.2, 0.25) is 0 Å². The molecule has 2 heterocycles. The van der Waals surface area contributed by atoms with Gasteiger partial charge in [0.15, 0.2) is 10.4 Å². The monoisotopic (exact) mass is 357 g/mol. The highest BCUT2D eigenvalue weighted by Gasteiger charge is 2.11. The molecule has 0 radical (unpaired) electrons. The van der Waals surface area contributed by atoms with Gasteiger partial charge in [-0.25, -0.2) is 9.97 Å². The molecule has 3 rings (SSSR count). The SMILES string of the molecule is Cc1nccc(-c2cccc(NC(=O)c3ccc(Br)o3)c2)n1. The van der Waals surface area contributed by atoms with Crippen LogP contribution < -0.4 is 5.32 Å². The maximum atomic E-state index is 12.1. The van der Waals surface area contributed by atoms with E-state index in [4.69, 9.17) is 4.42 Å². The minimum Gasteiger partial charge on any atom is -0.444 e. The van der Waals surface area contributed by atoms with Gasteiger partial charge >= 0.3 is 0 Å². The molecule has 0 bridgehead atoms. The summed E-state index contributed by atoms with van der Waals surface area (Å²) in [6.07, 6.45) is 1.71. The van der Waals surface area contributed by atoms with Gasteiger partial charge in [-0.05, 0) is 53.2 Å². The molecule has 5 nitrogen and oxygen atoms in total. The fraction of sp³-hybridized carbons (Fsp3) is 0.0625. The van der Waals surface area contributed by atoms with Crippen molar-refractivity contribution in [3.63, 3.8) is 0 Å². The van der Waals surface area contributed by atoms with Crippen LogP contribution in [-0.4, -0.2) is 15.9 Å². The van der Waals surface area contributed by atoms with Crippen LogP contribution in [0.1, 0.15) is 16.4 Å². The molecule has 0 aliphatic heterocycles. The van der Waals surface area contributed by atoms with Crippen molar-refractivity contribution in [1.29, 1.82) is 0 Å². The highest BCUT2D eigenvalue weighted by Crippen LogP contribution is 2.22. The zero-order chi connectivity index (χ0) is 15.5. The van der Waals surface area contributed by atoms with Gasteiger partial charge in [0.05, 0.1) is 5.69 Å². The third kappa shape index (κ3) is 3.23. The number of furan rings is 1. The molecule has 0 fully saturated rings. The highest BCUT2D eigenvalue weighted by atomic mass is 79.9. The van der Waals surface area contributed by atoms with E-state index in [-0.39, 0.29) is 11.7 Å². The van der Waals surface area contributed by atoms with E-state index in [1.54, 1.807) is 18.3 Å². The molecule has 1 N–H and O–H groups in total. The summed E-state index contributed by atoms with van der Waals surface area (Å²) in [5.41, 5.74) is 2.39. The van der Waals surface area contributed by atoms with Crippen molar-refractivity contribution >= 4 is 27.5 Å². The quantitative estimate of drug-likeness (QED) is 0.767. The van der Waals surface area contributed by atoms with E-state index in [0.717, 1.165) is 11.3 Å². The molecular weight excluding hydrogens is 346 g/mol. The number of carbonyl (C=O) groups excluding carboxylic acids is 1. The van der Waals surface area contributed by atoms with E-state index in [1.807, 2.05) is 37.3 Å². The Morgan fingerprint density at radius 1 is 1.23 bits per heavy atom. The van der Waals surface area contributed by atoms with Crippen molar-refractivity contribution in [3.8, 4) is 11.3 Å². The number of aromatic nitrogens is 2. The first-order valence-electron chi connectivity index (χ1n) is 6.58. The second-order valence-corrected chi connectivity index (χ2v) is 5.41.